The van der Waals surface area contributed by atoms with Gasteiger partial charge in [0.1, 0.15) is 18.2 Å². The lowest BCUT2D eigenvalue weighted by Gasteiger charge is -2.16. The molecule has 0 spiro atoms. The van der Waals surface area contributed by atoms with Crippen LogP contribution in [0.4, 0.5) is 0 Å². The lowest BCUT2D eigenvalue weighted by Crippen LogP contribution is -2.28. The third-order valence-corrected chi connectivity index (χ3v) is 4.94. The number of aryl methyl sites for hydroxylation is 2. The number of rotatable bonds is 7. The molecule has 30 heavy (non-hydrogen) atoms. The summed E-state index contributed by atoms with van der Waals surface area (Å²) in [5, 5.41) is 2.97. The van der Waals surface area contributed by atoms with Gasteiger partial charge in [-0.15, -0.1) is 0 Å². The van der Waals surface area contributed by atoms with Gasteiger partial charge < -0.3 is 19.0 Å². The summed E-state index contributed by atoms with van der Waals surface area (Å²) in [6, 6.07) is 17.2. The number of hydrogen-bond donors (Lipinski definition) is 1. The van der Waals surface area contributed by atoms with Crippen molar-refractivity contribution in [1.29, 1.82) is 0 Å². The molecule has 0 aliphatic rings. The molecular formula is C24H25N3O3. The predicted molar refractivity (Wildman–Crippen MR) is 116 cm³/mol. The van der Waals surface area contributed by atoms with Gasteiger partial charge in [0.2, 0.25) is 0 Å². The van der Waals surface area contributed by atoms with Crippen LogP contribution in [0, 0.1) is 13.8 Å². The maximum absolute atomic E-state index is 12.4. The Labute approximate surface area is 175 Å². The van der Waals surface area contributed by atoms with E-state index in [-0.39, 0.29) is 17.7 Å². The second kappa shape index (κ2) is 8.45. The van der Waals surface area contributed by atoms with Crippen molar-refractivity contribution in [1.82, 2.24) is 14.9 Å². The van der Waals surface area contributed by atoms with Gasteiger partial charge in [0, 0.05) is 0 Å². The fourth-order valence-electron chi connectivity index (χ4n) is 3.67. The van der Waals surface area contributed by atoms with Gasteiger partial charge in [0.05, 0.1) is 29.9 Å². The average Bonchev–Trinajstić information content (AvgIpc) is 3.36. The number of amides is 1. The summed E-state index contributed by atoms with van der Waals surface area (Å²) in [5.41, 5.74) is 4.25. The molecule has 6 nitrogen and oxygen atoms in total. The molecule has 0 saturated carbocycles. The maximum Gasteiger partial charge on any atom is 0.287 e. The van der Waals surface area contributed by atoms with Crippen molar-refractivity contribution >= 4 is 16.9 Å². The Morgan fingerprint density at radius 1 is 1.13 bits per heavy atom. The van der Waals surface area contributed by atoms with Crippen LogP contribution in [0.3, 0.4) is 0 Å². The van der Waals surface area contributed by atoms with Crippen molar-refractivity contribution in [2.24, 2.45) is 0 Å². The Morgan fingerprint density at radius 2 is 1.90 bits per heavy atom. The SMILES string of the molecule is Cc1cc(C)cc(OCCn2c([C@@H](C)NC(=O)c3ccco3)nc3ccccc32)c1. The molecule has 0 bridgehead atoms. The average molecular weight is 403 g/mol. The highest BCUT2D eigenvalue weighted by Gasteiger charge is 2.20. The molecular weight excluding hydrogens is 378 g/mol. The Balaban J connectivity index is 1.54. The first-order chi connectivity index (χ1) is 14.5. The standard InChI is InChI=1S/C24H25N3O3/c1-16-13-17(2)15-19(14-16)29-12-10-27-21-8-5-4-7-20(21)26-23(27)18(3)25-24(28)22-9-6-11-30-22/h4-9,11,13-15,18H,10,12H2,1-3H3,(H,25,28)/t18-/m1/s1. The maximum atomic E-state index is 12.4. The molecule has 6 heteroatoms. The molecule has 0 saturated heterocycles. The summed E-state index contributed by atoms with van der Waals surface area (Å²) < 4.78 is 13.3. The Hall–Kier alpha value is -3.54. The monoisotopic (exact) mass is 403 g/mol. The molecule has 0 unspecified atom stereocenters. The summed E-state index contributed by atoms with van der Waals surface area (Å²) in [7, 11) is 0. The highest BCUT2D eigenvalue weighted by molar-refractivity contribution is 5.91. The van der Waals surface area contributed by atoms with Crippen molar-refractivity contribution < 1.29 is 13.9 Å². The van der Waals surface area contributed by atoms with E-state index in [0.29, 0.717) is 13.2 Å². The zero-order valence-corrected chi connectivity index (χ0v) is 17.4. The second-order valence-corrected chi connectivity index (χ2v) is 7.45. The first-order valence-corrected chi connectivity index (χ1v) is 10.0. The lowest BCUT2D eigenvalue weighted by molar-refractivity contribution is 0.0909. The number of benzene rings is 2. The number of aromatic nitrogens is 2. The van der Waals surface area contributed by atoms with Crippen LogP contribution in [0.1, 0.15) is 40.5 Å². The summed E-state index contributed by atoms with van der Waals surface area (Å²) in [5.74, 6) is 1.65. The molecule has 2 aromatic heterocycles. The van der Waals surface area contributed by atoms with Gasteiger partial charge in [-0.2, -0.15) is 0 Å². The first-order valence-electron chi connectivity index (χ1n) is 10.0. The van der Waals surface area contributed by atoms with E-state index in [1.165, 1.54) is 17.4 Å². The number of para-hydroxylation sites is 2. The fourth-order valence-corrected chi connectivity index (χ4v) is 3.67. The third kappa shape index (κ3) is 4.22. The summed E-state index contributed by atoms with van der Waals surface area (Å²) in [4.78, 5) is 17.2. The summed E-state index contributed by atoms with van der Waals surface area (Å²) in [6.45, 7) is 7.15. The molecule has 0 fully saturated rings. The number of carbonyl (C=O) groups excluding carboxylic acids is 1. The molecule has 2 aromatic carbocycles. The summed E-state index contributed by atoms with van der Waals surface area (Å²) in [6.07, 6.45) is 1.49. The van der Waals surface area contributed by atoms with Crippen molar-refractivity contribution in [2.75, 3.05) is 6.61 Å². The molecule has 1 atom stereocenters. The normalized spacial score (nSPS) is 12.1. The van der Waals surface area contributed by atoms with Gasteiger partial charge >= 0.3 is 0 Å². The van der Waals surface area contributed by atoms with Gasteiger partial charge in [-0.1, -0.05) is 18.2 Å². The first kappa shape index (κ1) is 19.8. The van der Waals surface area contributed by atoms with Gasteiger partial charge in [-0.3, -0.25) is 4.79 Å². The molecule has 2 heterocycles. The van der Waals surface area contributed by atoms with Crippen molar-refractivity contribution in [3.63, 3.8) is 0 Å². The van der Waals surface area contributed by atoms with Gasteiger partial charge in [0.15, 0.2) is 5.76 Å². The van der Waals surface area contributed by atoms with Crippen LogP contribution in [0.25, 0.3) is 11.0 Å². The molecule has 0 radical (unpaired) electrons. The molecule has 0 aliphatic carbocycles. The van der Waals surface area contributed by atoms with E-state index in [0.717, 1.165) is 22.6 Å². The largest absolute Gasteiger partial charge is 0.492 e. The van der Waals surface area contributed by atoms with Crippen LogP contribution in [-0.4, -0.2) is 22.1 Å². The number of carbonyl (C=O) groups is 1. The Morgan fingerprint density at radius 3 is 2.63 bits per heavy atom. The number of imidazole rings is 1. The molecule has 4 aromatic rings. The smallest absolute Gasteiger partial charge is 0.287 e. The zero-order valence-electron chi connectivity index (χ0n) is 17.4. The van der Waals surface area contributed by atoms with Crippen LogP contribution in [0.5, 0.6) is 5.75 Å². The number of hydrogen-bond acceptors (Lipinski definition) is 4. The minimum atomic E-state index is -0.295. The fraction of sp³-hybridized carbons (Fsp3) is 0.250. The quantitative estimate of drug-likeness (QED) is 0.480. The van der Waals surface area contributed by atoms with Crippen LogP contribution < -0.4 is 10.1 Å². The lowest BCUT2D eigenvalue weighted by atomic mass is 10.1. The van der Waals surface area contributed by atoms with E-state index in [1.54, 1.807) is 12.1 Å². The van der Waals surface area contributed by atoms with E-state index < -0.39 is 0 Å². The van der Waals surface area contributed by atoms with Gasteiger partial charge in [-0.25, -0.2) is 4.98 Å². The zero-order chi connectivity index (χ0) is 21.1. The van der Waals surface area contributed by atoms with Crippen LogP contribution in [0.2, 0.25) is 0 Å². The summed E-state index contributed by atoms with van der Waals surface area (Å²) >= 11 is 0. The second-order valence-electron chi connectivity index (χ2n) is 7.45. The Bertz CT molecular complexity index is 1140. The number of fused-ring (bicyclic) bond motifs is 1. The third-order valence-electron chi connectivity index (χ3n) is 4.94. The van der Waals surface area contributed by atoms with Crippen molar-refractivity contribution in [3.8, 4) is 5.75 Å². The van der Waals surface area contributed by atoms with E-state index in [2.05, 4.69) is 29.8 Å². The minimum Gasteiger partial charge on any atom is -0.492 e. The van der Waals surface area contributed by atoms with E-state index >= 15 is 0 Å². The number of furan rings is 1. The number of ether oxygens (including phenoxy) is 1. The molecule has 154 valence electrons. The molecule has 1 N–H and O–H groups in total. The van der Waals surface area contributed by atoms with Crippen LogP contribution in [0.15, 0.2) is 65.3 Å². The number of nitrogens with zero attached hydrogens (tertiary/aromatic N) is 2. The van der Waals surface area contributed by atoms with E-state index in [9.17, 15) is 4.79 Å². The van der Waals surface area contributed by atoms with Gasteiger partial charge in [0.25, 0.3) is 5.91 Å². The highest BCUT2D eigenvalue weighted by atomic mass is 16.5. The minimum absolute atomic E-state index is 0.266. The van der Waals surface area contributed by atoms with E-state index in [4.69, 9.17) is 14.1 Å². The van der Waals surface area contributed by atoms with Crippen molar-refractivity contribution in [2.45, 2.75) is 33.4 Å². The Kier molecular flexibility index (Phi) is 5.57. The van der Waals surface area contributed by atoms with Gasteiger partial charge in [-0.05, 0) is 68.3 Å². The van der Waals surface area contributed by atoms with E-state index in [1.807, 2.05) is 43.3 Å². The molecule has 1 amide bonds. The van der Waals surface area contributed by atoms with Crippen molar-refractivity contribution in [3.05, 3.63) is 83.6 Å². The molecule has 0 aliphatic heterocycles. The number of nitrogens with one attached hydrogen (secondary N) is 1. The molecule has 4 rings (SSSR count). The van der Waals surface area contributed by atoms with Crippen LogP contribution in [-0.2, 0) is 6.54 Å². The predicted octanol–water partition coefficient (Wildman–Crippen LogP) is 4.82. The topological polar surface area (TPSA) is 69.3 Å². The highest BCUT2D eigenvalue weighted by Crippen LogP contribution is 2.22. The van der Waals surface area contributed by atoms with Crippen LogP contribution >= 0.6 is 0 Å².